The molecule has 0 bridgehead atoms. The molecule has 0 aromatic carbocycles. The molecule has 0 saturated heterocycles. The average molecular weight is 602 g/mol. The summed E-state index contributed by atoms with van der Waals surface area (Å²) in [7, 11) is 0. The lowest BCUT2D eigenvalue weighted by molar-refractivity contribution is -0.141. The van der Waals surface area contributed by atoms with Crippen molar-refractivity contribution in [3.8, 4) is 0 Å². The van der Waals surface area contributed by atoms with Crippen molar-refractivity contribution in [2.24, 2.45) is 10.9 Å². The summed E-state index contributed by atoms with van der Waals surface area (Å²) < 4.78 is 5.04. The van der Waals surface area contributed by atoms with E-state index in [1.807, 2.05) is 6.92 Å². The molecule has 43 heavy (non-hydrogen) atoms. The number of esters is 1. The first-order valence-electron chi connectivity index (χ1n) is 19.2. The minimum absolute atomic E-state index is 0.170. The zero-order chi connectivity index (χ0) is 31.3. The van der Waals surface area contributed by atoms with Crippen molar-refractivity contribution in [3.05, 3.63) is 24.3 Å². The van der Waals surface area contributed by atoms with Crippen molar-refractivity contribution < 1.29 is 9.53 Å². The van der Waals surface area contributed by atoms with Crippen molar-refractivity contribution in [1.29, 1.82) is 0 Å². The van der Waals surface area contributed by atoms with Gasteiger partial charge in [-0.05, 0) is 77.0 Å². The normalized spacial score (nSPS) is 12.1. The second-order valence-corrected chi connectivity index (χ2v) is 12.8. The summed E-state index contributed by atoms with van der Waals surface area (Å²) in [5.74, 6) is 0.295. The Morgan fingerprint density at radius 3 is 1.23 bits per heavy atom. The number of ether oxygens (including phenoxy) is 1. The van der Waals surface area contributed by atoms with E-state index in [1.54, 1.807) is 0 Å². The highest BCUT2D eigenvalue weighted by Crippen LogP contribution is 2.18. The lowest BCUT2D eigenvalue weighted by Gasteiger charge is -2.12. The van der Waals surface area contributed by atoms with Crippen LogP contribution in [0, 0.1) is 5.92 Å². The second-order valence-electron chi connectivity index (χ2n) is 12.8. The van der Waals surface area contributed by atoms with Crippen LogP contribution in [0.15, 0.2) is 29.3 Å². The summed E-state index contributed by atoms with van der Waals surface area (Å²) in [5, 5.41) is 0. The standard InChI is InChI=1S/C40H75NO2/c1-4-7-9-11-13-15-17-19-21-23-25-27-29-31-33-35-39(37-41-38-40(42)43-6-3)36-34-32-30-28-26-24-22-20-18-16-14-12-10-8-5-2/h19-22,37,39H,4-18,23-36,38H2,1-3H3/b21-19-,22-20-,41-37?. The van der Waals surface area contributed by atoms with Crippen molar-refractivity contribution in [1.82, 2.24) is 0 Å². The molecule has 0 radical (unpaired) electrons. The Labute approximate surface area is 270 Å². The predicted octanol–water partition coefficient (Wildman–Crippen LogP) is 13.3. The minimum Gasteiger partial charge on any atom is -0.465 e. The number of carbonyl (C=O) groups excluding carboxylic acids is 1. The van der Waals surface area contributed by atoms with Crippen LogP contribution in [0.3, 0.4) is 0 Å². The highest BCUT2D eigenvalue weighted by Gasteiger charge is 2.07. The summed E-state index contributed by atoms with van der Waals surface area (Å²) in [4.78, 5) is 16.1. The number of hydrogen-bond donors (Lipinski definition) is 0. The first-order chi connectivity index (χ1) is 21.2. The number of rotatable bonds is 34. The molecular formula is C40H75NO2. The zero-order valence-corrected chi connectivity index (χ0v) is 29.4. The van der Waals surface area contributed by atoms with E-state index in [2.05, 4.69) is 49.4 Å². The van der Waals surface area contributed by atoms with Crippen molar-refractivity contribution in [2.75, 3.05) is 13.2 Å². The van der Waals surface area contributed by atoms with E-state index < -0.39 is 0 Å². The maximum absolute atomic E-state index is 11.7. The number of hydrogen-bond acceptors (Lipinski definition) is 3. The monoisotopic (exact) mass is 602 g/mol. The van der Waals surface area contributed by atoms with Crippen molar-refractivity contribution in [3.63, 3.8) is 0 Å². The first kappa shape index (κ1) is 41.6. The highest BCUT2D eigenvalue weighted by atomic mass is 16.5. The van der Waals surface area contributed by atoms with Crippen LogP contribution in [0.25, 0.3) is 0 Å². The molecule has 0 atom stereocenters. The Bertz CT molecular complexity index is 598. The fraction of sp³-hybridized carbons (Fsp3) is 0.850. The van der Waals surface area contributed by atoms with Gasteiger partial charge in [0, 0.05) is 6.21 Å². The van der Waals surface area contributed by atoms with E-state index in [4.69, 9.17) is 4.74 Å². The molecule has 252 valence electrons. The van der Waals surface area contributed by atoms with E-state index in [0.29, 0.717) is 12.5 Å². The van der Waals surface area contributed by atoms with Gasteiger partial charge in [0.05, 0.1) is 6.61 Å². The third-order valence-electron chi connectivity index (χ3n) is 8.52. The number of nitrogens with zero attached hydrogens (tertiary/aromatic N) is 1. The van der Waals surface area contributed by atoms with Crippen LogP contribution >= 0.6 is 0 Å². The second kappa shape index (κ2) is 36.8. The fourth-order valence-electron chi connectivity index (χ4n) is 5.73. The van der Waals surface area contributed by atoms with Gasteiger partial charge in [0.2, 0.25) is 0 Å². The minimum atomic E-state index is -0.209. The molecule has 0 N–H and O–H groups in total. The molecular weight excluding hydrogens is 526 g/mol. The smallest absolute Gasteiger partial charge is 0.327 e. The van der Waals surface area contributed by atoms with E-state index in [9.17, 15) is 4.79 Å². The molecule has 0 aliphatic heterocycles. The average Bonchev–Trinajstić information content (AvgIpc) is 3.00. The van der Waals surface area contributed by atoms with Crippen LogP contribution in [-0.2, 0) is 9.53 Å². The molecule has 0 amide bonds. The Kier molecular flexibility index (Phi) is 35.6. The SMILES string of the molecule is CCCCCCCC/C=C\CCCCCCCC(C=NCC(=O)OCC)CCCCCCC/C=C\CCCCCCCC. The molecule has 0 fully saturated rings. The Morgan fingerprint density at radius 1 is 0.512 bits per heavy atom. The maximum atomic E-state index is 11.7. The van der Waals surface area contributed by atoms with Crippen LogP contribution in [-0.4, -0.2) is 25.3 Å². The van der Waals surface area contributed by atoms with E-state index in [-0.39, 0.29) is 12.5 Å². The van der Waals surface area contributed by atoms with Gasteiger partial charge >= 0.3 is 5.97 Å². The van der Waals surface area contributed by atoms with Gasteiger partial charge in [-0.2, -0.15) is 0 Å². The quantitative estimate of drug-likeness (QED) is 0.0318. The van der Waals surface area contributed by atoms with E-state index >= 15 is 0 Å². The molecule has 0 aromatic rings. The van der Waals surface area contributed by atoms with Gasteiger partial charge in [0.25, 0.3) is 0 Å². The van der Waals surface area contributed by atoms with Crippen LogP contribution in [0.5, 0.6) is 0 Å². The first-order valence-corrected chi connectivity index (χ1v) is 19.2. The molecule has 0 rings (SSSR count). The van der Waals surface area contributed by atoms with Crippen LogP contribution < -0.4 is 0 Å². The van der Waals surface area contributed by atoms with E-state index in [0.717, 1.165) is 0 Å². The summed E-state index contributed by atoms with van der Waals surface area (Å²) in [6.45, 7) is 7.02. The lowest BCUT2D eigenvalue weighted by atomic mass is 9.95. The fourth-order valence-corrected chi connectivity index (χ4v) is 5.73. The highest BCUT2D eigenvalue weighted by molar-refractivity contribution is 5.74. The molecule has 0 aliphatic rings. The van der Waals surface area contributed by atoms with Crippen LogP contribution in [0.2, 0.25) is 0 Å². The number of allylic oxidation sites excluding steroid dienone is 4. The molecule has 3 heteroatoms. The Balaban J connectivity index is 3.93. The zero-order valence-electron chi connectivity index (χ0n) is 29.4. The molecule has 0 heterocycles. The molecule has 0 saturated carbocycles. The number of carbonyl (C=O) groups is 1. The summed E-state index contributed by atoms with van der Waals surface area (Å²) in [6, 6.07) is 0. The number of unbranched alkanes of at least 4 members (excludes halogenated alkanes) is 22. The Morgan fingerprint density at radius 2 is 0.860 bits per heavy atom. The topological polar surface area (TPSA) is 38.7 Å². The molecule has 0 unspecified atom stereocenters. The van der Waals surface area contributed by atoms with Crippen molar-refractivity contribution in [2.45, 2.75) is 201 Å². The van der Waals surface area contributed by atoms with Gasteiger partial charge in [-0.3, -0.25) is 9.79 Å². The van der Waals surface area contributed by atoms with Gasteiger partial charge in [-0.25, -0.2) is 0 Å². The lowest BCUT2D eigenvalue weighted by Crippen LogP contribution is -2.09. The third-order valence-corrected chi connectivity index (χ3v) is 8.52. The van der Waals surface area contributed by atoms with Crippen molar-refractivity contribution >= 4 is 12.2 Å². The molecule has 0 spiro atoms. The van der Waals surface area contributed by atoms with Crippen LogP contribution in [0.1, 0.15) is 201 Å². The van der Waals surface area contributed by atoms with Gasteiger partial charge in [-0.15, -0.1) is 0 Å². The van der Waals surface area contributed by atoms with Gasteiger partial charge < -0.3 is 4.74 Å². The summed E-state index contributed by atoms with van der Waals surface area (Å²) >= 11 is 0. The van der Waals surface area contributed by atoms with Crippen LogP contribution in [0.4, 0.5) is 0 Å². The molecule has 0 aliphatic carbocycles. The maximum Gasteiger partial charge on any atom is 0.327 e. The largest absolute Gasteiger partial charge is 0.465 e. The van der Waals surface area contributed by atoms with Gasteiger partial charge in [0.1, 0.15) is 6.54 Å². The predicted molar refractivity (Wildman–Crippen MR) is 192 cm³/mol. The van der Waals surface area contributed by atoms with E-state index in [1.165, 1.54) is 180 Å². The van der Waals surface area contributed by atoms with Gasteiger partial charge in [0.15, 0.2) is 0 Å². The Hall–Kier alpha value is -1.38. The molecule has 3 nitrogen and oxygen atoms in total. The third kappa shape index (κ3) is 35.0. The van der Waals surface area contributed by atoms with Gasteiger partial charge in [-0.1, -0.05) is 154 Å². The number of aliphatic imine (C=N–C) groups is 1. The summed E-state index contributed by atoms with van der Waals surface area (Å²) in [6.07, 6.45) is 49.0. The summed E-state index contributed by atoms with van der Waals surface area (Å²) in [5.41, 5.74) is 0. The molecule has 0 aromatic heterocycles.